The molecule has 1 radical (unpaired) electrons. The molecule has 1 aromatic rings. The summed E-state index contributed by atoms with van der Waals surface area (Å²) in [6.07, 6.45) is 2.08. The van der Waals surface area contributed by atoms with E-state index in [2.05, 4.69) is 32.9 Å². The quantitative estimate of drug-likeness (QED) is 0.476. The first-order chi connectivity index (χ1) is 7.41. The summed E-state index contributed by atoms with van der Waals surface area (Å²) >= 11 is 0. The standard InChI is InChI=1S/C14H18NO/c1-10-9-12(14(2,3)4)11-7-5-6-8-13(11)15(10)16/h5-9,12H,1-4H3. The van der Waals surface area contributed by atoms with Crippen molar-refractivity contribution in [2.24, 2.45) is 5.41 Å². The summed E-state index contributed by atoms with van der Waals surface area (Å²) in [4.78, 5) is 0. The van der Waals surface area contributed by atoms with Crippen molar-refractivity contribution >= 4 is 5.69 Å². The van der Waals surface area contributed by atoms with Crippen molar-refractivity contribution < 1.29 is 0 Å². The average Bonchev–Trinajstić information content (AvgIpc) is 2.22. The Morgan fingerprint density at radius 1 is 1.19 bits per heavy atom. The highest BCUT2D eigenvalue weighted by molar-refractivity contribution is 5.57. The van der Waals surface area contributed by atoms with Gasteiger partial charge < -0.3 is 5.21 Å². The SMILES string of the molecule is CC1=CC(C(C)(C)C)c2ccccc2[N+]1[O-]. The van der Waals surface area contributed by atoms with Crippen LogP contribution in [-0.4, -0.2) is 0 Å². The molecule has 2 rings (SSSR count). The topological polar surface area (TPSA) is 29.0 Å². The van der Waals surface area contributed by atoms with E-state index in [-0.39, 0.29) is 5.41 Å². The molecule has 0 fully saturated rings. The zero-order valence-corrected chi connectivity index (χ0v) is 10.3. The van der Waals surface area contributed by atoms with Crippen molar-refractivity contribution in [2.45, 2.75) is 33.6 Å². The number of fused-ring (bicyclic) bond motifs is 1. The van der Waals surface area contributed by atoms with Gasteiger partial charge in [-0.15, -0.1) is 5.06 Å². The molecule has 0 spiro atoms. The second kappa shape index (κ2) is 3.72. The molecule has 0 amide bonds. The van der Waals surface area contributed by atoms with E-state index in [1.54, 1.807) is 0 Å². The molecule has 1 unspecified atom stereocenters. The van der Waals surface area contributed by atoms with E-state index >= 15 is 0 Å². The minimum atomic E-state index is 0.138. The second-order valence-electron chi connectivity index (χ2n) is 5.50. The van der Waals surface area contributed by atoms with Crippen molar-refractivity contribution in [3.63, 3.8) is 0 Å². The van der Waals surface area contributed by atoms with Gasteiger partial charge in [0.15, 0.2) is 11.4 Å². The Morgan fingerprint density at radius 3 is 2.44 bits per heavy atom. The van der Waals surface area contributed by atoms with E-state index in [0.717, 1.165) is 22.0 Å². The molecule has 0 saturated carbocycles. The summed E-state index contributed by atoms with van der Waals surface area (Å²) in [6.45, 7) is 8.50. The summed E-state index contributed by atoms with van der Waals surface area (Å²) in [5.41, 5.74) is 2.86. The summed E-state index contributed by atoms with van der Waals surface area (Å²) < 4.78 is 0. The first-order valence-corrected chi connectivity index (χ1v) is 5.66. The number of rotatable bonds is 0. The maximum absolute atomic E-state index is 11.9. The monoisotopic (exact) mass is 216 g/mol. The Morgan fingerprint density at radius 2 is 1.81 bits per heavy atom. The molecule has 16 heavy (non-hydrogen) atoms. The van der Waals surface area contributed by atoms with Crippen LogP contribution in [0.3, 0.4) is 0 Å². The third kappa shape index (κ3) is 1.79. The molecule has 1 aliphatic rings. The number of anilines is 1. The number of para-hydroxylation sites is 1. The molecular weight excluding hydrogens is 198 g/mol. The number of benzene rings is 1. The van der Waals surface area contributed by atoms with Crippen LogP contribution in [0.25, 0.3) is 0 Å². The molecule has 2 nitrogen and oxygen atoms in total. The highest BCUT2D eigenvalue weighted by Gasteiger charge is 2.34. The van der Waals surface area contributed by atoms with Gasteiger partial charge in [-0.25, -0.2) is 0 Å². The first kappa shape index (κ1) is 11.4. The van der Waals surface area contributed by atoms with E-state index in [1.165, 1.54) is 0 Å². The van der Waals surface area contributed by atoms with Crippen LogP contribution >= 0.6 is 0 Å². The molecule has 2 heteroatoms. The van der Waals surface area contributed by atoms with Gasteiger partial charge in [-0.1, -0.05) is 39.0 Å². The van der Waals surface area contributed by atoms with Gasteiger partial charge in [0.2, 0.25) is 0 Å². The summed E-state index contributed by atoms with van der Waals surface area (Å²) in [6, 6.07) is 7.87. The molecule has 1 heterocycles. The van der Waals surface area contributed by atoms with Gasteiger partial charge in [-0.3, -0.25) is 0 Å². The van der Waals surface area contributed by atoms with E-state index in [4.69, 9.17) is 0 Å². The summed E-state index contributed by atoms with van der Waals surface area (Å²) in [7, 11) is 0. The molecule has 0 saturated heterocycles. The van der Waals surface area contributed by atoms with Gasteiger partial charge in [-0.05, 0) is 11.5 Å². The third-order valence-corrected chi connectivity index (χ3v) is 3.15. The molecular formula is C14H18NO. The predicted molar refractivity (Wildman–Crippen MR) is 67.6 cm³/mol. The highest BCUT2D eigenvalue weighted by atomic mass is 16.5. The van der Waals surface area contributed by atoms with Gasteiger partial charge in [0.25, 0.3) is 0 Å². The van der Waals surface area contributed by atoms with Crippen LogP contribution in [0.1, 0.15) is 39.2 Å². The lowest BCUT2D eigenvalue weighted by Gasteiger charge is -2.33. The number of allylic oxidation sites excluding steroid dienone is 2. The molecule has 0 bridgehead atoms. The summed E-state index contributed by atoms with van der Waals surface area (Å²) in [5.74, 6) is 0.314. The number of nitrogens with zero attached hydrogens (tertiary/aromatic N) is 1. The molecule has 0 aliphatic carbocycles. The van der Waals surface area contributed by atoms with Crippen molar-refractivity contribution in [1.29, 1.82) is 0 Å². The molecule has 85 valence electrons. The molecule has 1 aliphatic heterocycles. The Balaban J connectivity index is 2.57. The van der Waals surface area contributed by atoms with Crippen LogP contribution in [0, 0.1) is 10.6 Å². The minimum absolute atomic E-state index is 0.138. The van der Waals surface area contributed by atoms with E-state index in [9.17, 15) is 5.21 Å². The minimum Gasteiger partial charge on any atom is -0.571 e. The predicted octanol–water partition coefficient (Wildman–Crippen LogP) is 4.00. The van der Waals surface area contributed by atoms with Crippen molar-refractivity contribution in [3.8, 4) is 0 Å². The van der Waals surface area contributed by atoms with E-state index < -0.39 is 0 Å². The largest absolute Gasteiger partial charge is 0.571 e. The normalized spacial score (nSPS) is 21.6. The lowest BCUT2D eigenvalue weighted by Crippen LogP contribution is -2.27. The van der Waals surface area contributed by atoms with Crippen LogP contribution in [0.4, 0.5) is 5.69 Å². The fourth-order valence-corrected chi connectivity index (χ4v) is 2.24. The lowest BCUT2D eigenvalue weighted by molar-refractivity contribution is 0.359. The zero-order valence-electron chi connectivity index (χ0n) is 10.3. The maximum Gasteiger partial charge on any atom is 0.191 e. The molecule has 0 N–H and O–H groups in total. The van der Waals surface area contributed by atoms with Gasteiger partial charge in [-0.2, -0.15) is 0 Å². The number of hydroxylamine groups is 1. The lowest BCUT2D eigenvalue weighted by atomic mass is 9.74. The fraction of sp³-hybridized carbons (Fsp3) is 0.429. The smallest absolute Gasteiger partial charge is 0.191 e. The highest BCUT2D eigenvalue weighted by Crippen LogP contribution is 2.44. The second-order valence-corrected chi connectivity index (χ2v) is 5.50. The van der Waals surface area contributed by atoms with Crippen molar-refractivity contribution in [1.82, 2.24) is 5.06 Å². The van der Waals surface area contributed by atoms with Gasteiger partial charge in [0.1, 0.15) is 0 Å². The van der Waals surface area contributed by atoms with Crippen LogP contribution in [-0.2, 0) is 0 Å². The van der Waals surface area contributed by atoms with Crippen LogP contribution in [0.5, 0.6) is 0 Å². The molecule has 0 aromatic heterocycles. The van der Waals surface area contributed by atoms with Gasteiger partial charge in [0.05, 0.1) is 0 Å². The Hall–Kier alpha value is -1.12. The Bertz CT molecular complexity index is 429. The average molecular weight is 216 g/mol. The molecule has 1 atom stereocenters. The molecule has 1 aromatic carbocycles. The number of hydrogen-bond donors (Lipinski definition) is 0. The van der Waals surface area contributed by atoms with Gasteiger partial charge >= 0.3 is 0 Å². The zero-order chi connectivity index (χ0) is 11.9. The van der Waals surface area contributed by atoms with Crippen LogP contribution < -0.4 is 5.06 Å². The van der Waals surface area contributed by atoms with E-state index in [1.807, 2.05) is 25.1 Å². The van der Waals surface area contributed by atoms with Crippen LogP contribution in [0.2, 0.25) is 0 Å². The summed E-state index contributed by atoms with van der Waals surface area (Å²) in [5, 5.41) is 13.0. The Labute approximate surface area is 97.2 Å². The van der Waals surface area contributed by atoms with Crippen LogP contribution in [0.15, 0.2) is 36.0 Å². The van der Waals surface area contributed by atoms with Gasteiger partial charge in [0, 0.05) is 24.5 Å². The van der Waals surface area contributed by atoms with Crippen molar-refractivity contribution in [3.05, 3.63) is 46.8 Å². The Kier molecular flexibility index (Phi) is 2.64. The first-order valence-electron chi connectivity index (χ1n) is 5.66. The third-order valence-electron chi connectivity index (χ3n) is 3.15. The number of hydrogen-bond acceptors (Lipinski definition) is 2. The van der Waals surface area contributed by atoms with E-state index in [0.29, 0.717) is 5.92 Å². The fourth-order valence-electron chi connectivity index (χ4n) is 2.24. The van der Waals surface area contributed by atoms with Crippen molar-refractivity contribution in [2.75, 3.05) is 0 Å². The maximum atomic E-state index is 11.9.